The summed E-state index contributed by atoms with van der Waals surface area (Å²) in [5.41, 5.74) is 1.77. The number of anilines is 1. The predicted octanol–water partition coefficient (Wildman–Crippen LogP) is 2.03. The van der Waals surface area contributed by atoms with E-state index in [-0.39, 0.29) is 16.6 Å². The fourth-order valence-electron chi connectivity index (χ4n) is 3.67. The molecule has 0 radical (unpaired) electrons. The molecular weight excluding hydrogens is 418 g/mol. The van der Waals surface area contributed by atoms with E-state index in [2.05, 4.69) is 9.62 Å². The van der Waals surface area contributed by atoms with E-state index in [1.54, 1.807) is 38.0 Å². The molecular formula is C22H29N3O5S. The number of nitrogens with zero attached hydrogens (tertiary/aromatic N) is 2. The van der Waals surface area contributed by atoms with Crippen molar-refractivity contribution in [3.8, 4) is 11.5 Å². The molecule has 1 atom stereocenters. The van der Waals surface area contributed by atoms with Gasteiger partial charge in [-0.2, -0.15) is 4.72 Å². The summed E-state index contributed by atoms with van der Waals surface area (Å²) < 4.78 is 38.9. The zero-order chi connectivity index (χ0) is 22.6. The second kappa shape index (κ2) is 9.57. The van der Waals surface area contributed by atoms with Gasteiger partial charge in [-0.1, -0.05) is 18.2 Å². The van der Waals surface area contributed by atoms with E-state index in [4.69, 9.17) is 9.47 Å². The van der Waals surface area contributed by atoms with E-state index in [1.165, 1.54) is 13.2 Å². The molecule has 0 bridgehead atoms. The molecule has 9 heteroatoms. The number of ether oxygens (including phenoxy) is 2. The average Bonchev–Trinajstić information content (AvgIpc) is 2.78. The third-order valence-electron chi connectivity index (χ3n) is 5.33. The highest BCUT2D eigenvalue weighted by Gasteiger charge is 2.30. The Balaban J connectivity index is 1.65. The third-order valence-corrected chi connectivity index (χ3v) is 6.89. The summed E-state index contributed by atoms with van der Waals surface area (Å²) >= 11 is 0. The number of piperazine rings is 1. The smallest absolute Gasteiger partial charge is 0.244 e. The molecule has 0 spiro atoms. The molecule has 8 nitrogen and oxygen atoms in total. The number of para-hydroxylation sites is 2. The van der Waals surface area contributed by atoms with Crippen molar-refractivity contribution >= 4 is 21.6 Å². The number of hydrogen-bond donors (Lipinski definition) is 1. The highest BCUT2D eigenvalue weighted by atomic mass is 32.2. The maximum Gasteiger partial charge on any atom is 0.244 e. The number of nitrogens with one attached hydrogen (secondary N) is 1. The fraction of sp³-hybridized carbons (Fsp3) is 0.409. The van der Waals surface area contributed by atoms with Crippen molar-refractivity contribution < 1.29 is 22.7 Å². The van der Waals surface area contributed by atoms with E-state index >= 15 is 0 Å². The van der Waals surface area contributed by atoms with Gasteiger partial charge in [-0.15, -0.1) is 0 Å². The minimum absolute atomic E-state index is 0.0237. The molecule has 0 saturated carbocycles. The molecule has 0 aromatic heterocycles. The maximum atomic E-state index is 12.9. The number of sulfonamides is 1. The number of amides is 1. The first-order valence-electron chi connectivity index (χ1n) is 10.1. The van der Waals surface area contributed by atoms with Gasteiger partial charge in [0.05, 0.1) is 25.9 Å². The second-order valence-corrected chi connectivity index (χ2v) is 9.16. The average molecular weight is 448 g/mol. The summed E-state index contributed by atoms with van der Waals surface area (Å²) in [5, 5.41) is 0. The predicted molar refractivity (Wildman–Crippen MR) is 119 cm³/mol. The lowest BCUT2D eigenvalue weighted by atomic mass is 10.2. The van der Waals surface area contributed by atoms with E-state index in [0.29, 0.717) is 26.2 Å². The molecule has 0 aliphatic carbocycles. The normalized spacial score (nSPS) is 15.5. The van der Waals surface area contributed by atoms with Crippen LogP contribution < -0.4 is 19.1 Å². The molecule has 1 fully saturated rings. The molecule has 1 aliphatic heterocycles. The van der Waals surface area contributed by atoms with E-state index in [1.807, 2.05) is 24.3 Å². The SMILES string of the molecule is COc1ccccc1N1CCN(C(=O)[C@H](C)NS(=O)(=O)c2cc(C)ccc2OC)CC1. The topological polar surface area (TPSA) is 88.2 Å². The van der Waals surface area contributed by atoms with Gasteiger partial charge >= 0.3 is 0 Å². The molecule has 1 heterocycles. The van der Waals surface area contributed by atoms with Gasteiger partial charge in [0.1, 0.15) is 16.4 Å². The minimum Gasteiger partial charge on any atom is -0.495 e. The van der Waals surface area contributed by atoms with Crippen LogP contribution in [-0.4, -0.2) is 65.7 Å². The Hall–Kier alpha value is -2.78. The van der Waals surface area contributed by atoms with E-state index in [9.17, 15) is 13.2 Å². The van der Waals surface area contributed by atoms with Crippen molar-refractivity contribution in [2.24, 2.45) is 0 Å². The first-order chi connectivity index (χ1) is 14.8. The summed E-state index contributed by atoms with van der Waals surface area (Å²) in [5.74, 6) is 0.772. The number of hydrogen-bond acceptors (Lipinski definition) is 6. The van der Waals surface area contributed by atoms with Crippen LogP contribution in [0.4, 0.5) is 5.69 Å². The lowest BCUT2D eigenvalue weighted by Gasteiger charge is -2.37. The maximum absolute atomic E-state index is 12.9. The Morgan fingerprint density at radius 2 is 1.65 bits per heavy atom. The molecule has 1 N–H and O–H groups in total. The number of methoxy groups -OCH3 is 2. The van der Waals surface area contributed by atoms with Crippen LogP contribution >= 0.6 is 0 Å². The second-order valence-electron chi connectivity index (χ2n) is 7.48. The van der Waals surface area contributed by atoms with Crippen LogP contribution in [0.2, 0.25) is 0 Å². The molecule has 168 valence electrons. The Kier molecular flexibility index (Phi) is 7.07. The first-order valence-corrected chi connectivity index (χ1v) is 11.6. The largest absolute Gasteiger partial charge is 0.495 e. The lowest BCUT2D eigenvalue weighted by molar-refractivity contribution is -0.132. The fourth-order valence-corrected chi connectivity index (χ4v) is 5.12. The van der Waals surface area contributed by atoms with Gasteiger partial charge in [0, 0.05) is 26.2 Å². The standard InChI is InChI=1S/C22H29N3O5S/c1-16-9-10-20(30-4)21(15-16)31(27,28)23-17(2)22(26)25-13-11-24(12-14-25)18-7-5-6-8-19(18)29-3/h5-10,15,17,23H,11-14H2,1-4H3/t17-/m0/s1. The number of carbonyl (C=O) groups is 1. The van der Waals surface area contributed by atoms with Crippen molar-refractivity contribution in [1.29, 1.82) is 0 Å². The zero-order valence-electron chi connectivity index (χ0n) is 18.3. The number of rotatable bonds is 7. The van der Waals surface area contributed by atoms with Crippen molar-refractivity contribution in [1.82, 2.24) is 9.62 Å². The molecule has 1 saturated heterocycles. The molecule has 1 amide bonds. The molecule has 3 rings (SSSR count). The van der Waals surface area contributed by atoms with Gasteiger partial charge in [0.15, 0.2) is 0 Å². The zero-order valence-corrected chi connectivity index (χ0v) is 19.1. The monoisotopic (exact) mass is 447 g/mol. The minimum atomic E-state index is -3.92. The van der Waals surface area contributed by atoms with Gasteiger partial charge in [-0.05, 0) is 43.7 Å². The molecule has 31 heavy (non-hydrogen) atoms. The van der Waals surface area contributed by atoms with Crippen molar-refractivity contribution in [2.75, 3.05) is 45.3 Å². The van der Waals surface area contributed by atoms with Gasteiger partial charge in [0.25, 0.3) is 0 Å². The molecule has 0 unspecified atom stereocenters. The van der Waals surface area contributed by atoms with Crippen LogP contribution in [-0.2, 0) is 14.8 Å². The van der Waals surface area contributed by atoms with Crippen molar-refractivity contribution in [3.05, 3.63) is 48.0 Å². The summed E-state index contributed by atoms with van der Waals surface area (Å²) in [4.78, 5) is 16.8. The lowest BCUT2D eigenvalue weighted by Crippen LogP contribution is -2.54. The highest BCUT2D eigenvalue weighted by Crippen LogP contribution is 2.28. The summed E-state index contributed by atoms with van der Waals surface area (Å²) in [6.07, 6.45) is 0. The van der Waals surface area contributed by atoms with Crippen LogP contribution in [0, 0.1) is 6.92 Å². The summed E-state index contributed by atoms with van der Waals surface area (Å²) in [6.45, 7) is 5.63. The number of aryl methyl sites for hydroxylation is 1. The first kappa shape index (κ1) is 22.9. The molecule has 2 aromatic rings. The Morgan fingerprint density at radius 1 is 1.00 bits per heavy atom. The number of carbonyl (C=O) groups excluding carboxylic acids is 1. The number of benzene rings is 2. The van der Waals surface area contributed by atoms with Gasteiger partial charge in [-0.25, -0.2) is 8.42 Å². The van der Waals surface area contributed by atoms with Crippen LogP contribution in [0.25, 0.3) is 0 Å². The van der Waals surface area contributed by atoms with Crippen LogP contribution in [0.5, 0.6) is 11.5 Å². The molecule has 1 aliphatic rings. The van der Waals surface area contributed by atoms with Gasteiger partial charge in [-0.3, -0.25) is 4.79 Å². The summed E-state index contributed by atoms with van der Waals surface area (Å²) in [6, 6.07) is 11.8. The Bertz CT molecular complexity index is 1030. The third kappa shape index (κ3) is 5.11. The van der Waals surface area contributed by atoms with Crippen molar-refractivity contribution in [2.45, 2.75) is 24.8 Å². The quantitative estimate of drug-likeness (QED) is 0.699. The highest BCUT2D eigenvalue weighted by molar-refractivity contribution is 7.89. The van der Waals surface area contributed by atoms with Crippen molar-refractivity contribution in [3.63, 3.8) is 0 Å². The molecule has 2 aromatic carbocycles. The van der Waals surface area contributed by atoms with E-state index < -0.39 is 16.1 Å². The Labute approximate surface area is 183 Å². The van der Waals surface area contributed by atoms with Gasteiger partial charge < -0.3 is 19.3 Å². The summed E-state index contributed by atoms with van der Waals surface area (Å²) in [7, 11) is -0.870. The van der Waals surface area contributed by atoms with Crippen LogP contribution in [0.1, 0.15) is 12.5 Å². The van der Waals surface area contributed by atoms with Crippen LogP contribution in [0.3, 0.4) is 0 Å². The van der Waals surface area contributed by atoms with E-state index in [0.717, 1.165) is 17.0 Å². The van der Waals surface area contributed by atoms with Gasteiger partial charge in [0.2, 0.25) is 15.9 Å². The van der Waals surface area contributed by atoms with Crippen LogP contribution in [0.15, 0.2) is 47.4 Å². The Morgan fingerprint density at radius 3 is 2.29 bits per heavy atom.